The van der Waals surface area contributed by atoms with Gasteiger partial charge in [0.1, 0.15) is 16.3 Å². The Morgan fingerprint density at radius 1 is 1.24 bits per heavy atom. The summed E-state index contributed by atoms with van der Waals surface area (Å²) in [6.45, 7) is 1.04. The third-order valence-electron chi connectivity index (χ3n) is 4.39. The van der Waals surface area contributed by atoms with Crippen molar-refractivity contribution >= 4 is 22.4 Å². The monoisotopic (exact) mass is 386 g/mol. The van der Waals surface area contributed by atoms with Gasteiger partial charge in [-0.2, -0.15) is 9.40 Å². The highest BCUT2D eigenvalue weighted by Crippen LogP contribution is 2.25. The van der Waals surface area contributed by atoms with E-state index in [4.69, 9.17) is 4.74 Å². The average molecular weight is 387 g/mol. The molecule has 1 aromatic carbocycles. The predicted octanol–water partition coefficient (Wildman–Crippen LogP) is 1.68. The summed E-state index contributed by atoms with van der Waals surface area (Å²) in [5.41, 5.74) is 0.704. The van der Waals surface area contributed by atoms with E-state index >= 15 is 0 Å². The number of sulfonamides is 1. The van der Waals surface area contributed by atoms with Crippen LogP contribution in [0.4, 0.5) is 0 Å². The van der Waals surface area contributed by atoms with Gasteiger partial charge in [-0.05, 0) is 32.0 Å². The van der Waals surface area contributed by atoms with Gasteiger partial charge in [-0.25, -0.2) is 13.1 Å². The molecule has 9 heteroatoms. The zero-order chi connectivity index (χ0) is 17.2. The molecular weight excluding hydrogens is 364 g/mol. The van der Waals surface area contributed by atoms with Gasteiger partial charge in [0.2, 0.25) is 10.0 Å². The number of hydrogen-bond donors (Lipinski definition) is 1. The quantitative estimate of drug-likeness (QED) is 0.845. The summed E-state index contributed by atoms with van der Waals surface area (Å²) in [6.07, 6.45) is 4.57. The van der Waals surface area contributed by atoms with Crippen LogP contribution in [0.5, 0.6) is 5.75 Å². The van der Waals surface area contributed by atoms with E-state index in [0.717, 1.165) is 12.8 Å². The highest BCUT2D eigenvalue weighted by Gasteiger charge is 2.30. The highest BCUT2D eigenvalue weighted by atomic mass is 35.5. The average Bonchev–Trinajstić information content (AvgIpc) is 3.12. The van der Waals surface area contributed by atoms with E-state index in [2.05, 4.69) is 10.4 Å². The number of ether oxygens (including phenoxy) is 1. The normalized spacial score (nSPS) is 16.4. The van der Waals surface area contributed by atoms with Gasteiger partial charge in [0, 0.05) is 19.1 Å². The third kappa shape index (κ3) is 3.98. The molecule has 0 amide bonds. The Bertz CT molecular complexity index is 801. The van der Waals surface area contributed by atoms with E-state index in [0.29, 0.717) is 30.6 Å². The first-order valence-electron chi connectivity index (χ1n) is 7.91. The van der Waals surface area contributed by atoms with Gasteiger partial charge < -0.3 is 10.1 Å². The molecule has 7 nitrogen and oxygen atoms in total. The lowest BCUT2D eigenvalue weighted by Gasteiger charge is -2.30. The fourth-order valence-corrected chi connectivity index (χ4v) is 4.33. The molecule has 0 radical (unpaired) electrons. The Morgan fingerprint density at radius 2 is 1.92 bits per heavy atom. The van der Waals surface area contributed by atoms with Gasteiger partial charge in [-0.3, -0.25) is 0 Å². The fourth-order valence-electron chi connectivity index (χ4n) is 2.92. The van der Waals surface area contributed by atoms with Crippen LogP contribution in [-0.2, 0) is 10.0 Å². The number of nitrogens with zero attached hydrogens (tertiary/aromatic N) is 3. The summed E-state index contributed by atoms with van der Waals surface area (Å²) in [5.74, 6) is 0.638. The smallest absolute Gasteiger partial charge is 0.246 e. The second-order valence-electron chi connectivity index (χ2n) is 5.76. The number of halogens is 1. The summed E-state index contributed by atoms with van der Waals surface area (Å²) >= 11 is 0. The maximum Gasteiger partial charge on any atom is 0.246 e. The minimum Gasteiger partial charge on any atom is -0.494 e. The highest BCUT2D eigenvalue weighted by molar-refractivity contribution is 7.89. The number of nitrogens with one attached hydrogen (secondary N) is 1. The van der Waals surface area contributed by atoms with Crippen molar-refractivity contribution in [2.24, 2.45) is 0 Å². The first-order valence-corrected chi connectivity index (χ1v) is 9.35. The van der Waals surface area contributed by atoms with Crippen molar-refractivity contribution in [1.82, 2.24) is 19.4 Å². The molecular formula is C16H23ClN4O3S. The molecule has 2 heterocycles. The van der Waals surface area contributed by atoms with E-state index in [9.17, 15) is 8.42 Å². The van der Waals surface area contributed by atoms with Crippen molar-refractivity contribution in [2.45, 2.75) is 23.8 Å². The zero-order valence-corrected chi connectivity index (χ0v) is 15.9. The summed E-state index contributed by atoms with van der Waals surface area (Å²) in [6, 6.07) is 7.74. The van der Waals surface area contributed by atoms with Gasteiger partial charge in [-0.1, -0.05) is 12.1 Å². The van der Waals surface area contributed by atoms with Crippen LogP contribution in [0.15, 0.2) is 41.6 Å². The first kappa shape index (κ1) is 19.7. The number of methoxy groups -OCH3 is 1. The number of piperidine rings is 1. The lowest BCUT2D eigenvalue weighted by molar-refractivity contribution is 0.298. The van der Waals surface area contributed by atoms with E-state index in [1.165, 1.54) is 21.4 Å². The molecule has 1 fully saturated rings. The molecule has 0 bridgehead atoms. The van der Waals surface area contributed by atoms with Crippen molar-refractivity contribution in [2.75, 3.05) is 27.2 Å². The van der Waals surface area contributed by atoms with Gasteiger partial charge in [0.15, 0.2) is 0 Å². The van der Waals surface area contributed by atoms with Crippen molar-refractivity contribution in [3.63, 3.8) is 0 Å². The molecule has 0 spiro atoms. The van der Waals surface area contributed by atoms with Gasteiger partial charge in [0.25, 0.3) is 0 Å². The molecule has 138 valence electrons. The molecule has 1 N–H and O–H groups in total. The molecule has 1 aromatic heterocycles. The van der Waals surface area contributed by atoms with Crippen LogP contribution < -0.4 is 10.1 Å². The van der Waals surface area contributed by atoms with Gasteiger partial charge >= 0.3 is 0 Å². The molecule has 0 atom stereocenters. The minimum absolute atomic E-state index is 0. The summed E-state index contributed by atoms with van der Waals surface area (Å²) in [4.78, 5) is 0.205. The Labute approximate surface area is 154 Å². The van der Waals surface area contributed by atoms with Crippen LogP contribution >= 0.6 is 12.4 Å². The first-order chi connectivity index (χ1) is 11.6. The second-order valence-corrected chi connectivity index (χ2v) is 7.70. The van der Waals surface area contributed by atoms with Crippen LogP contribution in [-0.4, -0.2) is 55.8 Å². The van der Waals surface area contributed by atoms with Crippen LogP contribution in [0, 0.1) is 0 Å². The molecule has 0 saturated carbocycles. The van der Waals surface area contributed by atoms with Gasteiger partial charge in [0.05, 0.1) is 19.5 Å². The minimum atomic E-state index is -3.52. The number of hydrogen-bond acceptors (Lipinski definition) is 5. The largest absolute Gasteiger partial charge is 0.494 e. The maximum absolute atomic E-state index is 12.8. The van der Waals surface area contributed by atoms with E-state index in [1.54, 1.807) is 7.11 Å². The van der Waals surface area contributed by atoms with Crippen molar-refractivity contribution in [1.29, 1.82) is 0 Å². The second kappa shape index (κ2) is 8.18. The van der Waals surface area contributed by atoms with Crippen LogP contribution in [0.1, 0.15) is 12.8 Å². The van der Waals surface area contributed by atoms with E-state index in [1.807, 2.05) is 31.3 Å². The summed E-state index contributed by atoms with van der Waals surface area (Å²) in [7, 11) is -0.0349. The topological polar surface area (TPSA) is 76.5 Å². The molecule has 3 rings (SSSR count). The number of aromatic nitrogens is 2. The summed E-state index contributed by atoms with van der Waals surface area (Å²) < 4.78 is 34.0. The fraction of sp³-hybridized carbons (Fsp3) is 0.438. The summed E-state index contributed by atoms with van der Waals surface area (Å²) in [5, 5.41) is 7.41. The predicted molar refractivity (Wildman–Crippen MR) is 98.2 cm³/mol. The van der Waals surface area contributed by atoms with Gasteiger partial charge in [-0.15, -0.1) is 12.4 Å². The number of rotatable bonds is 5. The van der Waals surface area contributed by atoms with Crippen LogP contribution in [0.25, 0.3) is 5.69 Å². The molecule has 0 unspecified atom stereocenters. The Kier molecular flexibility index (Phi) is 6.45. The molecule has 1 aliphatic heterocycles. The van der Waals surface area contributed by atoms with Crippen molar-refractivity contribution in [3.8, 4) is 11.4 Å². The van der Waals surface area contributed by atoms with Crippen LogP contribution in [0.3, 0.4) is 0 Å². The number of para-hydroxylation sites is 2. The maximum atomic E-state index is 12.8. The molecule has 0 aliphatic carbocycles. The van der Waals surface area contributed by atoms with Crippen LogP contribution in [0.2, 0.25) is 0 Å². The lowest BCUT2D eigenvalue weighted by Crippen LogP contribution is -2.43. The number of benzene rings is 1. The SMILES string of the molecule is CNC1CCN(S(=O)(=O)c2cnn(-c3ccccc3OC)c2)CC1.Cl. The van der Waals surface area contributed by atoms with Crippen molar-refractivity contribution < 1.29 is 13.2 Å². The molecule has 1 saturated heterocycles. The molecule has 2 aromatic rings. The lowest BCUT2D eigenvalue weighted by atomic mass is 10.1. The van der Waals surface area contributed by atoms with Crippen molar-refractivity contribution in [3.05, 3.63) is 36.7 Å². The Hall–Kier alpha value is -1.61. The molecule has 25 heavy (non-hydrogen) atoms. The standard InChI is InChI=1S/C16H22N4O3S.ClH/c1-17-13-7-9-19(10-8-13)24(21,22)14-11-18-20(12-14)15-5-3-4-6-16(15)23-2;/h3-6,11-13,17H,7-10H2,1-2H3;1H. The van der Waals surface area contributed by atoms with E-state index in [-0.39, 0.29) is 17.3 Å². The van der Waals surface area contributed by atoms with E-state index < -0.39 is 10.0 Å². The molecule has 1 aliphatic rings. The Morgan fingerprint density at radius 3 is 2.56 bits per heavy atom. The third-order valence-corrected chi connectivity index (χ3v) is 6.24. The zero-order valence-electron chi connectivity index (χ0n) is 14.3. The Balaban J connectivity index is 0.00000225.